The van der Waals surface area contributed by atoms with Gasteiger partial charge in [0.1, 0.15) is 0 Å². The fourth-order valence-electron chi connectivity index (χ4n) is 0.867. The molecule has 0 fully saturated rings. The minimum Gasteiger partial charge on any atom is -0.311 e. The van der Waals surface area contributed by atoms with Crippen LogP contribution in [0.5, 0.6) is 0 Å². The minimum absolute atomic E-state index is 0.618. The molecule has 1 nitrogen and oxygen atoms in total. The first-order valence-electron chi connectivity index (χ1n) is 3.41. The molecule has 0 amide bonds. The summed E-state index contributed by atoms with van der Waals surface area (Å²) in [6.07, 6.45) is 2.14. The van der Waals surface area contributed by atoms with E-state index in [0.29, 0.717) is 12.1 Å². The van der Waals surface area contributed by atoms with Crippen molar-refractivity contribution in [3.05, 3.63) is 0 Å². The highest BCUT2D eigenvalue weighted by Gasteiger charge is 2.00. The van der Waals surface area contributed by atoms with Crippen LogP contribution in [0.3, 0.4) is 0 Å². The average Bonchev–Trinajstić information content (AvgIpc) is 1.63. The summed E-state index contributed by atoms with van der Waals surface area (Å²) in [4.78, 5) is 0. The van der Waals surface area contributed by atoms with Crippen LogP contribution in [-0.2, 0) is 0 Å². The monoisotopic (exact) mass is 147 g/mol. The van der Waals surface area contributed by atoms with Crippen LogP contribution in [-0.4, -0.2) is 24.1 Å². The van der Waals surface area contributed by atoms with Gasteiger partial charge < -0.3 is 5.32 Å². The number of hydrogen-bond donors (Lipinski definition) is 1. The van der Waals surface area contributed by atoms with E-state index in [4.69, 9.17) is 0 Å². The number of hydrogen-bond acceptors (Lipinski definition) is 2. The van der Waals surface area contributed by atoms with Crippen molar-refractivity contribution < 1.29 is 0 Å². The molecule has 0 aromatic heterocycles. The molecule has 0 aliphatic heterocycles. The number of nitrogens with one attached hydrogen (secondary N) is 1. The topological polar surface area (TPSA) is 12.0 Å². The molecule has 0 aromatic rings. The predicted molar refractivity (Wildman–Crippen MR) is 46.1 cm³/mol. The van der Waals surface area contributed by atoms with Crippen molar-refractivity contribution in [2.45, 2.75) is 32.9 Å². The van der Waals surface area contributed by atoms with E-state index in [1.165, 1.54) is 5.75 Å². The maximum Gasteiger partial charge on any atom is 0.0132 e. The van der Waals surface area contributed by atoms with Gasteiger partial charge in [0, 0.05) is 17.8 Å². The lowest BCUT2D eigenvalue weighted by atomic mass is 10.3. The summed E-state index contributed by atoms with van der Waals surface area (Å²) in [5, 5.41) is 3.42. The van der Waals surface area contributed by atoms with E-state index in [9.17, 15) is 0 Å². The van der Waals surface area contributed by atoms with Crippen LogP contribution < -0.4 is 5.32 Å². The molecule has 2 heteroatoms. The summed E-state index contributed by atoms with van der Waals surface area (Å²) in [6.45, 7) is 6.57. The zero-order chi connectivity index (χ0) is 7.28. The van der Waals surface area contributed by atoms with Crippen molar-refractivity contribution in [3.8, 4) is 0 Å². The smallest absolute Gasteiger partial charge is 0.0132 e. The van der Waals surface area contributed by atoms with Gasteiger partial charge in [0.25, 0.3) is 0 Å². The van der Waals surface area contributed by atoms with Crippen LogP contribution >= 0.6 is 11.8 Å². The first-order chi connectivity index (χ1) is 4.16. The van der Waals surface area contributed by atoms with Crippen LogP contribution in [0.4, 0.5) is 0 Å². The van der Waals surface area contributed by atoms with Gasteiger partial charge in [-0.05, 0) is 13.2 Å². The average molecular weight is 147 g/mol. The molecular weight excluding hydrogens is 130 g/mol. The molecule has 0 aromatic carbocycles. The van der Waals surface area contributed by atoms with Gasteiger partial charge in [0.05, 0.1) is 0 Å². The first-order valence-corrected chi connectivity index (χ1v) is 4.81. The van der Waals surface area contributed by atoms with E-state index in [1.807, 2.05) is 11.8 Å². The third-order valence-electron chi connectivity index (χ3n) is 1.03. The number of thioether (sulfide) groups is 1. The third kappa shape index (κ3) is 6.19. The lowest BCUT2D eigenvalue weighted by molar-refractivity contribution is 0.523. The normalized spacial score (nSPS) is 14.3. The second-order valence-corrected chi connectivity index (χ2v) is 3.59. The van der Waals surface area contributed by atoms with E-state index >= 15 is 0 Å². The van der Waals surface area contributed by atoms with E-state index in [1.54, 1.807) is 0 Å². The molecule has 0 spiro atoms. The Kier molecular flexibility index (Phi) is 5.30. The fourth-order valence-corrected chi connectivity index (χ4v) is 1.46. The third-order valence-corrected chi connectivity index (χ3v) is 1.87. The van der Waals surface area contributed by atoms with Crippen molar-refractivity contribution >= 4 is 11.8 Å². The highest BCUT2D eigenvalue weighted by molar-refractivity contribution is 7.98. The highest BCUT2D eigenvalue weighted by Crippen LogP contribution is 1.96. The van der Waals surface area contributed by atoms with Crippen LogP contribution in [0.1, 0.15) is 20.8 Å². The number of rotatable bonds is 4. The van der Waals surface area contributed by atoms with E-state index in [-0.39, 0.29) is 0 Å². The van der Waals surface area contributed by atoms with Gasteiger partial charge in [-0.1, -0.05) is 13.8 Å². The maximum absolute atomic E-state index is 3.42. The zero-order valence-electron chi connectivity index (χ0n) is 6.77. The predicted octanol–water partition coefficient (Wildman–Crippen LogP) is 1.74. The molecule has 0 radical (unpaired) electrons. The van der Waals surface area contributed by atoms with Gasteiger partial charge >= 0.3 is 0 Å². The first kappa shape index (κ1) is 9.31. The van der Waals surface area contributed by atoms with Gasteiger partial charge in [-0.2, -0.15) is 11.8 Å². The van der Waals surface area contributed by atoms with Crippen molar-refractivity contribution in [1.29, 1.82) is 0 Å². The van der Waals surface area contributed by atoms with Gasteiger partial charge in [0.15, 0.2) is 0 Å². The molecule has 9 heavy (non-hydrogen) atoms. The fraction of sp³-hybridized carbons (Fsp3) is 1.00. The lowest BCUT2D eigenvalue weighted by Crippen LogP contribution is -2.33. The summed E-state index contributed by atoms with van der Waals surface area (Å²) in [5.74, 6) is 1.21. The molecule has 0 rings (SSSR count). The van der Waals surface area contributed by atoms with E-state index in [0.717, 1.165) is 0 Å². The lowest BCUT2D eigenvalue weighted by Gasteiger charge is -2.14. The maximum atomic E-state index is 3.42. The van der Waals surface area contributed by atoms with E-state index in [2.05, 4.69) is 32.3 Å². The van der Waals surface area contributed by atoms with Crippen molar-refractivity contribution in [3.63, 3.8) is 0 Å². The summed E-state index contributed by atoms with van der Waals surface area (Å²) < 4.78 is 0. The largest absolute Gasteiger partial charge is 0.311 e. The van der Waals surface area contributed by atoms with Gasteiger partial charge in [-0.15, -0.1) is 0 Å². The summed E-state index contributed by atoms with van der Waals surface area (Å²) in [6, 6.07) is 1.27. The summed E-state index contributed by atoms with van der Waals surface area (Å²) in [5.41, 5.74) is 0. The molecule has 0 bridgehead atoms. The molecule has 0 heterocycles. The van der Waals surface area contributed by atoms with E-state index < -0.39 is 0 Å². The van der Waals surface area contributed by atoms with Crippen molar-refractivity contribution in [1.82, 2.24) is 5.32 Å². The Bertz CT molecular complexity index is 63.9. The second kappa shape index (κ2) is 5.12. The van der Waals surface area contributed by atoms with Gasteiger partial charge in [-0.25, -0.2) is 0 Å². The minimum atomic E-state index is 0.618. The van der Waals surface area contributed by atoms with Gasteiger partial charge in [-0.3, -0.25) is 0 Å². The Morgan fingerprint density at radius 3 is 2.22 bits per heavy atom. The Balaban J connectivity index is 3.15. The molecular formula is C7H17NS. The molecule has 1 N–H and O–H groups in total. The van der Waals surface area contributed by atoms with Gasteiger partial charge in [0.2, 0.25) is 0 Å². The molecule has 1 atom stereocenters. The van der Waals surface area contributed by atoms with Crippen molar-refractivity contribution in [2.75, 3.05) is 12.0 Å². The highest BCUT2D eigenvalue weighted by atomic mass is 32.2. The van der Waals surface area contributed by atoms with Crippen LogP contribution in [0, 0.1) is 0 Å². The van der Waals surface area contributed by atoms with Crippen LogP contribution in [0.2, 0.25) is 0 Å². The molecule has 0 aliphatic carbocycles. The standard InChI is InChI=1S/C7H17NS/c1-6(2)8-7(3)5-9-4/h6-8H,5H2,1-4H3. The quantitative estimate of drug-likeness (QED) is 0.650. The molecule has 0 aliphatic rings. The summed E-state index contributed by atoms with van der Waals surface area (Å²) >= 11 is 1.89. The Morgan fingerprint density at radius 1 is 1.33 bits per heavy atom. The SMILES string of the molecule is CSCC(C)NC(C)C. The molecule has 0 saturated carbocycles. The molecule has 1 unspecified atom stereocenters. The Hall–Kier alpha value is 0.310. The van der Waals surface area contributed by atoms with Crippen LogP contribution in [0.25, 0.3) is 0 Å². The Labute approximate surface area is 62.6 Å². The molecule has 0 saturated heterocycles. The Morgan fingerprint density at radius 2 is 1.89 bits per heavy atom. The molecule has 56 valence electrons. The summed E-state index contributed by atoms with van der Waals surface area (Å²) in [7, 11) is 0. The van der Waals surface area contributed by atoms with Crippen molar-refractivity contribution in [2.24, 2.45) is 0 Å². The zero-order valence-corrected chi connectivity index (χ0v) is 7.59. The van der Waals surface area contributed by atoms with Crippen LogP contribution in [0.15, 0.2) is 0 Å². The second-order valence-electron chi connectivity index (χ2n) is 2.68.